The van der Waals surface area contributed by atoms with Gasteiger partial charge in [0.2, 0.25) is 5.91 Å². The molecule has 2 N–H and O–H groups in total. The van der Waals surface area contributed by atoms with E-state index in [1.807, 2.05) is 48.5 Å². The van der Waals surface area contributed by atoms with Crippen molar-refractivity contribution < 1.29 is 24.2 Å². The van der Waals surface area contributed by atoms with E-state index < -0.39 is 30.4 Å². The number of hydrogen-bond donors (Lipinski definition) is 2. The summed E-state index contributed by atoms with van der Waals surface area (Å²) in [6.45, 7) is 3.60. The molecule has 1 aliphatic rings. The number of alkyl carbamates (subject to hydrolysis) is 1. The van der Waals surface area contributed by atoms with E-state index in [-0.39, 0.29) is 25.1 Å². The average Bonchev–Trinajstić information content (AvgIpc) is 3.08. The van der Waals surface area contributed by atoms with E-state index in [1.54, 1.807) is 13.8 Å². The first-order valence-electron chi connectivity index (χ1n) is 10.4. The Morgan fingerprint density at radius 2 is 1.66 bits per heavy atom. The predicted octanol–water partition coefficient (Wildman–Crippen LogP) is 3.24. The van der Waals surface area contributed by atoms with Crippen molar-refractivity contribution in [3.8, 4) is 23.5 Å². The lowest BCUT2D eigenvalue weighted by Crippen LogP contribution is -2.51. The van der Waals surface area contributed by atoms with Crippen LogP contribution in [0, 0.1) is 12.3 Å². The number of hydrogen-bond acceptors (Lipinski definition) is 4. The van der Waals surface area contributed by atoms with Crippen LogP contribution in [-0.2, 0) is 14.3 Å². The molecule has 0 radical (unpaired) electrons. The molecule has 2 aromatic rings. The molecule has 0 aromatic heterocycles. The van der Waals surface area contributed by atoms with Crippen molar-refractivity contribution in [3.63, 3.8) is 0 Å². The van der Waals surface area contributed by atoms with Gasteiger partial charge < -0.3 is 20.1 Å². The molecule has 0 heterocycles. The molecule has 1 unspecified atom stereocenters. The predicted molar refractivity (Wildman–Crippen MR) is 120 cm³/mol. The Balaban J connectivity index is 1.71. The lowest BCUT2D eigenvalue weighted by molar-refractivity contribution is -0.143. The fourth-order valence-electron chi connectivity index (χ4n) is 3.97. The third-order valence-electron chi connectivity index (χ3n) is 5.48. The van der Waals surface area contributed by atoms with Gasteiger partial charge in [0.05, 0.1) is 13.0 Å². The van der Waals surface area contributed by atoms with Gasteiger partial charge in [-0.1, -0.05) is 54.5 Å². The number of fused-ring (bicyclic) bond motifs is 3. The maximum Gasteiger partial charge on any atom is 0.407 e. The molecule has 0 bridgehead atoms. The molecule has 3 rings (SSSR count). The average molecular weight is 434 g/mol. The highest BCUT2D eigenvalue weighted by atomic mass is 16.5. The van der Waals surface area contributed by atoms with Crippen LogP contribution in [0.25, 0.3) is 11.1 Å². The number of carbonyl (C=O) groups excluding carboxylic acids is 2. The summed E-state index contributed by atoms with van der Waals surface area (Å²) in [7, 11) is 0. The van der Waals surface area contributed by atoms with Gasteiger partial charge in [0.15, 0.2) is 0 Å². The number of benzene rings is 2. The first-order chi connectivity index (χ1) is 15.3. The zero-order valence-corrected chi connectivity index (χ0v) is 18.1. The number of terminal acetylenes is 1. The fourth-order valence-corrected chi connectivity index (χ4v) is 3.97. The minimum Gasteiger partial charge on any atom is -0.481 e. The quantitative estimate of drug-likeness (QED) is 0.622. The maximum atomic E-state index is 12.8. The Morgan fingerprint density at radius 3 is 2.16 bits per heavy atom. The zero-order valence-electron chi connectivity index (χ0n) is 18.1. The second kappa shape index (κ2) is 10.0. The minimum atomic E-state index is -1.28. The van der Waals surface area contributed by atoms with Crippen LogP contribution in [0.3, 0.4) is 0 Å². The van der Waals surface area contributed by atoms with Crippen molar-refractivity contribution in [1.29, 1.82) is 0 Å². The van der Waals surface area contributed by atoms with Gasteiger partial charge in [-0.3, -0.25) is 9.59 Å². The van der Waals surface area contributed by atoms with Crippen molar-refractivity contribution in [2.24, 2.45) is 0 Å². The first-order valence-corrected chi connectivity index (χ1v) is 10.4. The summed E-state index contributed by atoms with van der Waals surface area (Å²) < 4.78 is 5.45. The van der Waals surface area contributed by atoms with E-state index in [1.165, 1.54) is 4.90 Å². The molecule has 7 nitrogen and oxygen atoms in total. The first kappa shape index (κ1) is 22.9. The Hall–Kier alpha value is -3.79. The standard InChI is InChI=1S/C25H26N2O5/c1-4-13-27(16(2)3)24(30)22(14-23(28)29)26-25(31)32-15-21-19-11-7-5-9-17(19)18-10-6-8-12-20(18)21/h1,5-12,16,21-22H,13-15H2,2-3H3,(H,26,31)(H,28,29). The number of carboxylic acids is 1. The molecule has 2 aromatic carbocycles. The van der Waals surface area contributed by atoms with Crippen LogP contribution in [0.5, 0.6) is 0 Å². The highest BCUT2D eigenvalue weighted by Crippen LogP contribution is 2.44. The third-order valence-corrected chi connectivity index (χ3v) is 5.48. The van der Waals surface area contributed by atoms with Crippen LogP contribution in [0.15, 0.2) is 48.5 Å². The zero-order chi connectivity index (χ0) is 23.3. The molecule has 1 aliphatic carbocycles. The smallest absolute Gasteiger partial charge is 0.407 e. The maximum absolute atomic E-state index is 12.8. The molecule has 166 valence electrons. The number of aliphatic carboxylic acids is 1. The second-order valence-electron chi connectivity index (χ2n) is 7.88. The van der Waals surface area contributed by atoms with E-state index in [2.05, 4.69) is 11.2 Å². The van der Waals surface area contributed by atoms with Gasteiger partial charge >= 0.3 is 12.1 Å². The summed E-state index contributed by atoms with van der Waals surface area (Å²) in [5.74, 6) is 0.466. The Labute approximate surface area is 187 Å². The van der Waals surface area contributed by atoms with Gasteiger partial charge in [-0.25, -0.2) is 4.79 Å². The molecular weight excluding hydrogens is 408 g/mol. The summed E-state index contributed by atoms with van der Waals surface area (Å²) in [6, 6.07) is 14.3. The van der Waals surface area contributed by atoms with Crippen LogP contribution in [-0.4, -0.2) is 53.2 Å². The van der Waals surface area contributed by atoms with E-state index in [9.17, 15) is 19.5 Å². The summed E-state index contributed by atoms with van der Waals surface area (Å²) in [6.07, 6.45) is 3.91. The second-order valence-corrected chi connectivity index (χ2v) is 7.88. The minimum absolute atomic E-state index is 0.0129. The topological polar surface area (TPSA) is 95.9 Å². The van der Waals surface area contributed by atoms with Crippen molar-refractivity contribution >= 4 is 18.0 Å². The molecule has 2 amide bonds. The van der Waals surface area contributed by atoms with Gasteiger partial charge in [0.1, 0.15) is 12.6 Å². The number of amides is 2. The Morgan fingerprint density at radius 1 is 1.09 bits per heavy atom. The Kier molecular flexibility index (Phi) is 7.16. The number of rotatable bonds is 8. The van der Waals surface area contributed by atoms with Crippen LogP contribution in [0.2, 0.25) is 0 Å². The molecule has 0 aliphatic heterocycles. The largest absolute Gasteiger partial charge is 0.481 e. The van der Waals surface area contributed by atoms with E-state index in [0.717, 1.165) is 22.3 Å². The molecule has 7 heteroatoms. The van der Waals surface area contributed by atoms with E-state index in [4.69, 9.17) is 11.2 Å². The summed E-state index contributed by atoms with van der Waals surface area (Å²) in [4.78, 5) is 38.0. The van der Waals surface area contributed by atoms with Crippen LogP contribution >= 0.6 is 0 Å². The molecule has 32 heavy (non-hydrogen) atoms. The van der Waals surface area contributed by atoms with Gasteiger partial charge in [0, 0.05) is 12.0 Å². The molecule has 1 atom stereocenters. The number of nitrogens with zero attached hydrogens (tertiary/aromatic N) is 1. The lowest BCUT2D eigenvalue weighted by Gasteiger charge is -2.28. The number of carbonyl (C=O) groups is 3. The number of carboxylic acid groups (broad SMARTS) is 1. The number of ether oxygens (including phenoxy) is 1. The van der Waals surface area contributed by atoms with E-state index in [0.29, 0.717) is 0 Å². The van der Waals surface area contributed by atoms with Gasteiger partial charge in [-0.2, -0.15) is 0 Å². The van der Waals surface area contributed by atoms with Gasteiger partial charge in [-0.15, -0.1) is 6.42 Å². The van der Waals surface area contributed by atoms with Crippen molar-refractivity contribution in [2.45, 2.75) is 38.3 Å². The molecule has 0 fully saturated rings. The Bertz CT molecular complexity index is 1010. The summed E-state index contributed by atoms with van der Waals surface area (Å²) in [5, 5.41) is 11.6. The van der Waals surface area contributed by atoms with Crippen molar-refractivity contribution in [2.75, 3.05) is 13.2 Å². The van der Waals surface area contributed by atoms with E-state index >= 15 is 0 Å². The SMILES string of the molecule is C#CCN(C(=O)C(CC(=O)O)NC(=O)OCC1c2ccccc2-c2ccccc21)C(C)C. The fraction of sp³-hybridized carbons (Fsp3) is 0.320. The van der Waals surface area contributed by atoms with Crippen LogP contribution in [0.4, 0.5) is 4.79 Å². The van der Waals surface area contributed by atoms with Gasteiger partial charge in [0.25, 0.3) is 0 Å². The highest BCUT2D eigenvalue weighted by molar-refractivity contribution is 5.89. The van der Waals surface area contributed by atoms with Crippen molar-refractivity contribution in [3.05, 3.63) is 59.7 Å². The molecule has 0 spiro atoms. The number of nitrogens with one attached hydrogen (secondary N) is 1. The summed E-state index contributed by atoms with van der Waals surface area (Å²) in [5.41, 5.74) is 4.30. The molecule has 0 saturated heterocycles. The monoisotopic (exact) mass is 434 g/mol. The van der Waals surface area contributed by atoms with Gasteiger partial charge in [-0.05, 0) is 36.1 Å². The molecular formula is C25H26N2O5. The highest BCUT2D eigenvalue weighted by Gasteiger charge is 2.32. The lowest BCUT2D eigenvalue weighted by atomic mass is 9.98. The molecule has 0 saturated carbocycles. The summed E-state index contributed by atoms with van der Waals surface area (Å²) >= 11 is 0. The third kappa shape index (κ3) is 4.92. The van der Waals surface area contributed by atoms with Crippen LogP contribution < -0.4 is 5.32 Å². The normalized spacial score (nSPS) is 12.9. The van der Waals surface area contributed by atoms with Crippen molar-refractivity contribution in [1.82, 2.24) is 10.2 Å². The van der Waals surface area contributed by atoms with Crippen LogP contribution in [0.1, 0.15) is 37.3 Å².